The summed E-state index contributed by atoms with van der Waals surface area (Å²) in [5.74, 6) is -0.800. The van der Waals surface area contributed by atoms with E-state index >= 15 is 0 Å². The van der Waals surface area contributed by atoms with Crippen molar-refractivity contribution in [2.75, 3.05) is 12.4 Å². The molecule has 1 saturated heterocycles. The largest absolute Gasteiger partial charge is 0.494 e. The molecule has 0 bridgehead atoms. The number of hydrogen-bond acceptors (Lipinski definition) is 5. The maximum Gasteiger partial charge on any atom is 0.494 e. The summed E-state index contributed by atoms with van der Waals surface area (Å²) in [5.41, 5.74) is 0.399. The van der Waals surface area contributed by atoms with Gasteiger partial charge in [0.05, 0.1) is 29.6 Å². The van der Waals surface area contributed by atoms with E-state index in [1.54, 1.807) is 18.2 Å². The van der Waals surface area contributed by atoms with Crippen molar-refractivity contribution in [3.8, 4) is 0 Å². The third-order valence-electron chi connectivity index (χ3n) is 4.29. The summed E-state index contributed by atoms with van der Waals surface area (Å²) in [6.07, 6.45) is 0. The first kappa shape index (κ1) is 17.5. The quantitative estimate of drug-likeness (QED) is 0.678. The van der Waals surface area contributed by atoms with E-state index in [-0.39, 0.29) is 11.5 Å². The highest BCUT2D eigenvalue weighted by molar-refractivity contribution is 6.62. The topological polar surface area (TPSA) is 73.9 Å². The maximum atomic E-state index is 12.0. The average molecular weight is 319 g/mol. The molecule has 1 aliphatic heterocycles. The lowest BCUT2D eigenvalue weighted by Crippen LogP contribution is -2.41. The van der Waals surface area contributed by atoms with Crippen LogP contribution in [0.2, 0.25) is 0 Å². The minimum absolute atomic E-state index is 0.259. The number of carbonyl (C=O) groups is 2. The molecule has 2 rings (SSSR count). The lowest BCUT2D eigenvalue weighted by Gasteiger charge is -2.32. The van der Waals surface area contributed by atoms with E-state index in [1.165, 1.54) is 14.0 Å². The maximum absolute atomic E-state index is 12.0. The Morgan fingerprint density at radius 1 is 1.13 bits per heavy atom. The first-order valence-corrected chi connectivity index (χ1v) is 7.43. The van der Waals surface area contributed by atoms with Gasteiger partial charge in [-0.3, -0.25) is 4.79 Å². The lowest BCUT2D eigenvalue weighted by molar-refractivity contribution is -0.114. The molecular weight excluding hydrogens is 297 g/mol. The van der Waals surface area contributed by atoms with Crippen LogP contribution in [0.1, 0.15) is 45.0 Å². The van der Waals surface area contributed by atoms with Crippen LogP contribution in [0.15, 0.2) is 18.2 Å². The van der Waals surface area contributed by atoms with Gasteiger partial charge in [0, 0.05) is 6.92 Å². The van der Waals surface area contributed by atoms with Gasteiger partial charge in [0.2, 0.25) is 5.91 Å². The van der Waals surface area contributed by atoms with Crippen LogP contribution in [0.4, 0.5) is 5.69 Å². The number of esters is 1. The normalized spacial score (nSPS) is 18.6. The SMILES string of the molecule is COC(=O)c1cc(B2OC(C)(C)C(C)(C)O2)ccc1NC(C)=O. The molecule has 0 unspecified atom stereocenters. The Hall–Kier alpha value is -1.86. The Bertz CT molecular complexity index is 625. The van der Waals surface area contributed by atoms with Crippen molar-refractivity contribution in [1.82, 2.24) is 0 Å². The summed E-state index contributed by atoms with van der Waals surface area (Å²) < 4.78 is 16.7. The van der Waals surface area contributed by atoms with E-state index in [0.717, 1.165) is 0 Å². The Balaban J connectivity index is 2.38. The van der Waals surface area contributed by atoms with Gasteiger partial charge < -0.3 is 19.4 Å². The Morgan fingerprint density at radius 2 is 1.70 bits per heavy atom. The van der Waals surface area contributed by atoms with Gasteiger partial charge in [0.15, 0.2) is 0 Å². The van der Waals surface area contributed by atoms with Crippen molar-refractivity contribution in [2.45, 2.75) is 45.8 Å². The molecular formula is C16H22BNO5. The van der Waals surface area contributed by atoms with Crippen LogP contribution in [-0.2, 0) is 18.8 Å². The van der Waals surface area contributed by atoms with Gasteiger partial charge in [-0.15, -0.1) is 0 Å². The van der Waals surface area contributed by atoms with Crippen molar-refractivity contribution >= 4 is 30.1 Å². The van der Waals surface area contributed by atoms with Crippen LogP contribution in [0.5, 0.6) is 0 Å². The first-order chi connectivity index (χ1) is 10.6. The molecule has 7 heteroatoms. The molecule has 6 nitrogen and oxygen atoms in total. The number of anilines is 1. The molecule has 0 aliphatic carbocycles. The zero-order valence-corrected chi connectivity index (χ0v) is 14.4. The third kappa shape index (κ3) is 3.40. The second kappa shape index (κ2) is 5.98. The number of rotatable bonds is 3. The monoisotopic (exact) mass is 319 g/mol. The van der Waals surface area contributed by atoms with E-state index < -0.39 is 24.3 Å². The van der Waals surface area contributed by atoms with Crippen molar-refractivity contribution in [3.63, 3.8) is 0 Å². The molecule has 1 aliphatic rings. The standard InChI is InChI=1S/C16H22BNO5/c1-10(19)18-13-8-7-11(9-12(13)14(20)21-6)17-22-15(2,3)16(4,5)23-17/h7-9H,1-6H3,(H,18,19). The molecule has 0 spiro atoms. The minimum Gasteiger partial charge on any atom is -0.465 e. The molecule has 1 heterocycles. The summed E-state index contributed by atoms with van der Waals surface area (Å²) in [6.45, 7) is 9.21. The van der Waals surface area contributed by atoms with Crippen LogP contribution in [-0.4, -0.2) is 37.3 Å². The minimum atomic E-state index is -0.588. The van der Waals surface area contributed by atoms with Crippen molar-refractivity contribution in [2.24, 2.45) is 0 Å². The molecule has 0 saturated carbocycles. The second-order valence-electron chi connectivity index (χ2n) is 6.57. The van der Waals surface area contributed by atoms with Crippen LogP contribution >= 0.6 is 0 Å². The highest BCUT2D eigenvalue weighted by Crippen LogP contribution is 2.36. The Morgan fingerprint density at radius 3 is 2.17 bits per heavy atom. The molecule has 0 radical (unpaired) electrons. The number of nitrogens with one attached hydrogen (secondary N) is 1. The predicted molar refractivity (Wildman–Crippen MR) is 87.8 cm³/mol. The zero-order chi connectivity index (χ0) is 17.4. The second-order valence-corrected chi connectivity index (χ2v) is 6.57. The van der Waals surface area contributed by atoms with Gasteiger partial charge in [-0.2, -0.15) is 0 Å². The summed E-state index contributed by atoms with van der Waals surface area (Å²) in [4.78, 5) is 23.3. The molecule has 1 aromatic rings. The van der Waals surface area contributed by atoms with E-state index in [1.807, 2.05) is 27.7 Å². The fourth-order valence-corrected chi connectivity index (χ4v) is 2.27. The summed E-state index contributed by atoms with van der Waals surface area (Å²) in [6, 6.07) is 5.03. The van der Waals surface area contributed by atoms with Crippen LogP contribution in [0.25, 0.3) is 0 Å². The van der Waals surface area contributed by atoms with Gasteiger partial charge in [-0.25, -0.2) is 4.79 Å². The van der Waals surface area contributed by atoms with E-state index in [9.17, 15) is 9.59 Å². The van der Waals surface area contributed by atoms with Gasteiger partial charge in [-0.05, 0) is 45.3 Å². The lowest BCUT2D eigenvalue weighted by atomic mass is 9.78. The van der Waals surface area contributed by atoms with Crippen molar-refractivity contribution in [1.29, 1.82) is 0 Å². The molecule has 124 valence electrons. The Kier molecular flexibility index (Phi) is 4.55. The molecule has 0 atom stereocenters. The highest BCUT2D eigenvalue weighted by atomic mass is 16.7. The van der Waals surface area contributed by atoms with Crippen LogP contribution < -0.4 is 10.8 Å². The number of amides is 1. The smallest absolute Gasteiger partial charge is 0.465 e. The number of ether oxygens (including phenoxy) is 1. The fraction of sp³-hybridized carbons (Fsp3) is 0.500. The number of benzene rings is 1. The number of carbonyl (C=O) groups excluding carboxylic acids is 2. The van der Waals surface area contributed by atoms with Gasteiger partial charge in [-0.1, -0.05) is 6.07 Å². The molecule has 1 aromatic carbocycles. The first-order valence-electron chi connectivity index (χ1n) is 7.43. The highest BCUT2D eigenvalue weighted by Gasteiger charge is 2.51. The van der Waals surface area contributed by atoms with Crippen molar-refractivity contribution < 1.29 is 23.6 Å². The van der Waals surface area contributed by atoms with E-state index in [4.69, 9.17) is 14.0 Å². The van der Waals surface area contributed by atoms with Gasteiger partial charge >= 0.3 is 13.1 Å². The van der Waals surface area contributed by atoms with Gasteiger partial charge in [0.25, 0.3) is 0 Å². The fourth-order valence-electron chi connectivity index (χ4n) is 2.27. The Labute approximate surface area is 136 Å². The molecule has 1 amide bonds. The third-order valence-corrected chi connectivity index (χ3v) is 4.29. The molecule has 0 aromatic heterocycles. The average Bonchev–Trinajstić information content (AvgIpc) is 2.66. The van der Waals surface area contributed by atoms with E-state index in [0.29, 0.717) is 11.2 Å². The van der Waals surface area contributed by atoms with E-state index in [2.05, 4.69) is 5.32 Å². The molecule has 1 N–H and O–H groups in total. The van der Waals surface area contributed by atoms with Gasteiger partial charge in [0.1, 0.15) is 0 Å². The summed E-state index contributed by atoms with van der Waals surface area (Å²) >= 11 is 0. The number of methoxy groups -OCH3 is 1. The summed E-state index contributed by atoms with van der Waals surface area (Å²) in [7, 11) is 0.705. The molecule has 23 heavy (non-hydrogen) atoms. The zero-order valence-electron chi connectivity index (χ0n) is 14.4. The predicted octanol–water partition coefficient (Wildman–Crippen LogP) is 1.73. The summed E-state index contributed by atoms with van der Waals surface area (Å²) in [5, 5.41) is 2.62. The van der Waals surface area contributed by atoms with Crippen molar-refractivity contribution in [3.05, 3.63) is 23.8 Å². The molecule has 1 fully saturated rings. The number of hydrogen-bond donors (Lipinski definition) is 1. The van der Waals surface area contributed by atoms with Crippen LogP contribution in [0.3, 0.4) is 0 Å². The van der Waals surface area contributed by atoms with Crippen LogP contribution in [0, 0.1) is 0 Å².